The van der Waals surface area contributed by atoms with Crippen molar-refractivity contribution in [3.05, 3.63) is 54.1 Å². The number of carbonyl (C=O) groups is 1. The van der Waals surface area contributed by atoms with Gasteiger partial charge in [-0.3, -0.25) is 4.79 Å². The number of methoxy groups -OCH3 is 1. The summed E-state index contributed by atoms with van der Waals surface area (Å²) in [6.45, 7) is 3.94. The van der Waals surface area contributed by atoms with Crippen LogP contribution in [0.1, 0.15) is 25.5 Å². The van der Waals surface area contributed by atoms with E-state index in [0.29, 0.717) is 18.1 Å². The number of carbonyl (C=O) groups excluding carboxylic acids is 1. The zero-order valence-electron chi connectivity index (χ0n) is 16.5. The molecular weight excluding hydrogens is 380 g/mol. The van der Waals surface area contributed by atoms with E-state index < -0.39 is 15.9 Å². The van der Waals surface area contributed by atoms with E-state index in [1.807, 2.05) is 19.9 Å². The molecule has 0 aliphatic rings. The van der Waals surface area contributed by atoms with Crippen LogP contribution in [0.2, 0.25) is 0 Å². The number of benzene rings is 2. The molecule has 152 valence electrons. The van der Waals surface area contributed by atoms with Crippen LogP contribution < -0.4 is 14.8 Å². The molecule has 1 N–H and O–H groups in total. The average Bonchev–Trinajstić information content (AvgIpc) is 2.68. The minimum Gasteiger partial charge on any atom is -0.493 e. The molecule has 2 rings (SSSR count). The Morgan fingerprint density at radius 1 is 1.14 bits per heavy atom. The first-order valence-electron chi connectivity index (χ1n) is 8.91. The molecule has 0 aromatic heterocycles. The third-order valence-electron chi connectivity index (χ3n) is 4.18. The quantitative estimate of drug-likeness (QED) is 0.692. The van der Waals surface area contributed by atoms with Crippen molar-refractivity contribution in [2.45, 2.75) is 24.8 Å². The molecule has 0 heterocycles. The number of hydrogen-bond acceptors (Lipinski definition) is 5. The smallest absolute Gasteiger partial charge is 0.243 e. The second-order valence-electron chi connectivity index (χ2n) is 6.21. The lowest BCUT2D eigenvalue weighted by Gasteiger charge is -2.20. The highest BCUT2D eigenvalue weighted by Gasteiger charge is 2.23. The van der Waals surface area contributed by atoms with Crippen LogP contribution in [0.25, 0.3) is 0 Å². The Balaban J connectivity index is 2.04. The maximum absolute atomic E-state index is 12.5. The van der Waals surface area contributed by atoms with Gasteiger partial charge in [-0.2, -0.15) is 4.31 Å². The number of ether oxygens (including phenoxy) is 2. The molecule has 1 atom stereocenters. The molecule has 8 heteroatoms. The fourth-order valence-corrected chi connectivity index (χ4v) is 3.81. The van der Waals surface area contributed by atoms with E-state index in [2.05, 4.69) is 5.32 Å². The summed E-state index contributed by atoms with van der Waals surface area (Å²) in [6, 6.07) is 13.1. The molecule has 1 unspecified atom stereocenters. The Bertz CT molecular complexity index is 900. The number of nitrogens with one attached hydrogen (secondary N) is 1. The number of hydrogen-bond donors (Lipinski definition) is 1. The van der Waals surface area contributed by atoms with Gasteiger partial charge < -0.3 is 14.8 Å². The van der Waals surface area contributed by atoms with E-state index in [1.54, 1.807) is 37.4 Å². The van der Waals surface area contributed by atoms with Gasteiger partial charge in [0.25, 0.3) is 0 Å². The van der Waals surface area contributed by atoms with E-state index in [-0.39, 0.29) is 17.5 Å². The van der Waals surface area contributed by atoms with Crippen LogP contribution in [-0.2, 0) is 14.8 Å². The summed E-state index contributed by atoms with van der Waals surface area (Å²) < 4.78 is 36.9. The number of amides is 1. The molecule has 0 saturated heterocycles. The molecule has 2 aromatic rings. The largest absolute Gasteiger partial charge is 0.493 e. The molecule has 2 aromatic carbocycles. The van der Waals surface area contributed by atoms with Gasteiger partial charge in [0.1, 0.15) is 0 Å². The third kappa shape index (κ3) is 5.24. The van der Waals surface area contributed by atoms with Gasteiger partial charge >= 0.3 is 0 Å². The summed E-state index contributed by atoms with van der Waals surface area (Å²) in [5.74, 6) is 0.799. The van der Waals surface area contributed by atoms with Crippen molar-refractivity contribution in [1.82, 2.24) is 9.62 Å². The fourth-order valence-electron chi connectivity index (χ4n) is 2.66. The Labute approximate surface area is 166 Å². The van der Waals surface area contributed by atoms with Crippen molar-refractivity contribution < 1.29 is 22.7 Å². The third-order valence-corrected chi connectivity index (χ3v) is 6.00. The van der Waals surface area contributed by atoms with Gasteiger partial charge in [-0.1, -0.05) is 24.3 Å². The first-order valence-corrected chi connectivity index (χ1v) is 10.3. The minimum absolute atomic E-state index is 0.148. The maximum atomic E-state index is 12.5. The SMILES string of the molecule is CCOc1ccc(C(C)NC(=O)CN(C)S(=O)(=O)c2ccccc2)cc1OC. The lowest BCUT2D eigenvalue weighted by atomic mass is 10.1. The van der Waals surface area contributed by atoms with Crippen LogP contribution >= 0.6 is 0 Å². The number of nitrogens with zero attached hydrogens (tertiary/aromatic N) is 1. The average molecular weight is 407 g/mol. The van der Waals surface area contributed by atoms with Crippen molar-refractivity contribution in [1.29, 1.82) is 0 Å². The number of likely N-dealkylation sites (N-methyl/N-ethyl adjacent to an activating group) is 1. The van der Waals surface area contributed by atoms with Crippen LogP contribution in [0.3, 0.4) is 0 Å². The highest BCUT2D eigenvalue weighted by Crippen LogP contribution is 2.30. The standard InChI is InChI=1S/C20H26N2O5S/c1-5-27-18-12-11-16(13-19(18)26-4)15(2)21-20(23)14-22(3)28(24,25)17-9-7-6-8-10-17/h6-13,15H,5,14H2,1-4H3,(H,21,23). The Hall–Kier alpha value is -2.58. The van der Waals surface area contributed by atoms with Crippen molar-refractivity contribution in [2.24, 2.45) is 0 Å². The zero-order chi connectivity index (χ0) is 20.7. The van der Waals surface area contributed by atoms with Crippen molar-refractivity contribution in [2.75, 3.05) is 27.3 Å². The molecule has 28 heavy (non-hydrogen) atoms. The number of sulfonamides is 1. The summed E-state index contributed by atoms with van der Waals surface area (Å²) in [7, 11) is -0.790. The van der Waals surface area contributed by atoms with Crippen molar-refractivity contribution >= 4 is 15.9 Å². The predicted molar refractivity (Wildman–Crippen MR) is 107 cm³/mol. The topological polar surface area (TPSA) is 84.9 Å². The van der Waals surface area contributed by atoms with Crippen LogP contribution in [0.15, 0.2) is 53.4 Å². The summed E-state index contributed by atoms with van der Waals surface area (Å²) in [5, 5.41) is 2.81. The summed E-state index contributed by atoms with van der Waals surface area (Å²) in [6.07, 6.45) is 0. The van der Waals surface area contributed by atoms with Crippen LogP contribution in [-0.4, -0.2) is 45.9 Å². The van der Waals surface area contributed by atoms with Gasteiger partial charge in [-0.15, -0.1) is 0 Å². The Kier molecular flexibility index (Phi) is 7.42. The summed E-state index contributed by atoms with van der Waals surface area (Å²) >= 11 is 0. The summed E-state index contributed by atoms with van der Waals surface area (Å²) in [4.78, 5) is 12.5. The van der Waals surface area contributed by atoms with E-state index in [1.165, 1.54) is 19.2 Å². The van der Waals surface area contributed by atoms with Gasteiger partial charge in [0.05, 0.1) is 31.2 Å². The van der Waals surface area contributed by atoms with Gasteiger partial charge in [0.15, 0.2) is 11.5 Å². The summed E-state index contributed by atoms with van der Waals surface area (Å²) in [5.41, 5.74) is 0.822. The molecule has 0 bridgehead atoms. The van der Waals surface area contributed by atoms with Crippen molar-refractivity contribution in [3.8, 4) is 11.5 Å². The van der Waals surface area contributed by atoms with Gasteiger partial charge in [-0.25, -0.2) is 8.42 Å². The molecular formula is C20H26N2O5S. The molecule has 7 nitrogen and oxygen atoms in total. The highest BCUT2D eigenvalue weighted by atomic mass is 32.2. The lowest BCUT2D eigenvalue weighted by Crippen LogP contribution is -2.39. The molecule has 1 amide bonds. The van der Waals surface area contributed by atoms with Crippen LogP contribution in [0.5, 0.6) is 11.5 Å². The Morgan fingerprint density at radius 3 is 2.43 bits per heavy atom. The Morgan fingerprint density at radius 2 is 1.82 bits per heavy atom. The number of rotatable bonds is 9. The van der Waals surface area contributed by atoms with E-state index in [4.69, 9.17) is 9.47 Å². The monoisotopic (exact) mass is 406 g/mol. The molecule has 0 aliphatic heterocycles. The van der Waals surface area contributed by atoms with E-state index in [0.717, 1.165) is 9.87 Å². The van der Waals surface area contributed by atoms with Gasteiger partial charge in [-0.05, 0) is 43.7 Å². The lowest BCUT2D eigenvalue weighted by molar-refractivity contribution is -0.121. The second-order valence-corrected chi connectivity index (χ2v) is 8.25. The molecule has 0 spiro atoms. The second kappa shape index (κ2) is 9.57. The molecule has 0 fully saturated rings. The van der Waals surface area contributed by atoms with Gasteiger partial charge in [0, 0.05) is 7.05 Å². The van der Waals surface area contributed by atoms with Crippen molar-refractivity contribution in [3.63, 3.8) is 0 Å². The fraction of sp³-hybridized carbons (Fsp3) is 0.350. The predicted octanol–water partition coefficient (Wildman–Crippen LogP) is 2.59. The maximum Gasteiger partial charge on any atom is 0.243 e. The minimum atomic E-state index is -3.72. The first-order chi connectivity index (χ1) is 13.3. The molecule has 0 radical (unpaired) electrons. The normalized spacial score (nSPS) is 12.5. The highest BCUT2D eigenvalue weighted by molar-refractivity contribution is 7.89. The van der Waals surface area contributed by atoms with E-state index in [9.17, 15) is 13.2 Å². The van der Waals surface area contributed by atoms with Crippen LogP contribution in [0, 0.1) is 0 Å². The zero-order valence-corrected chi connectivity index (χ0v) is 17.3. The first kappa shape index (κ1) is 21.7. The van der Waals surface area contributed by atoms with Gasteiger partial charge in [0.2, 0.25) is 15.9 Å². The molecule has 0 saturated carbocycles. The van der Waals surface area contributed by atoms with E-state index >= 15 is 0 Å². The van der Waals surface area contributed by atoms with Crippen LogP contribution in [0.4, 0.5) is 0 Å². The molecule has 0 aliphatic carbocycles.